The third kappa shape index (κ3) is 2.41. The Labute approximate surface area is 117 Å². The molecule has 2 aliphatic rings. The van der Waals surface area contributed by atoms with Crippen LogP contribution in [0.5, 0.6) is 0 Å². The first-order chi connectivity index (χ1) is 9.70. The summed E-state index contributed by atoms with van der Waals surface area (Å²) in [5, 5.41) is 11.6. The van der Waals surface area contributed by atoms with Crippen molar-refractivity contribution in [1.82, 2.24) is 0 Å². The maximum atomic E-state index is 13.2. The Morgan fingerprint density at radius 3 is 2.85 bits per heavy atom. The molecule has 0 spiro atoms. The summed E-state index contributed by atoms with van der Waals surface area (Å²) in [4.78, 5) is 12.2. The fourth-order valence-electron chi connectivity index (χ4n) is 3.29. The van der Waals surface area contributed by atoms with Gasteiger partial charge in [-0.2, -0.15) is 0 Å². The number of aliphatic hydroxyl groups excluding tert-OH is 1. The van der Waals surface area contributed by atoms with Gasteiger partial charge in [-0.25, -0.2) is 4.39 Å². The van der Waals surface area contributed by atoms with Crippen molar-refractivity contribution in [2.75, 3.05) is 11.9 Å². The SMILES string of the molecule is O=C(Nc1ccc(F)cc1C#CCO)C1C2CCCC21. The Bertz CT molecular complexity index is 592. The molecule has 20 heavy (non-hydrogen) atoms. The molecule has 2 fully saturated rings. The molecule has 0 heterocycles. The molecule has 1 aromatic rings. The summed E-state index contributed by atoms with van der Waals surface area (Å²) in [6, 6.07) is 4.09. The van der Waals surface area contributed by atoms with E-state index in [-0.39, 0.29) is 18.4 Å². The van der Waals surface area contributed by atoms with E-state index >= 15 is 0 Å². The van der Waals surface area contributed by atoms with Crippen molar-refractivity contribution < 1.29 is 14.3 Å². The quantitative estimate of drug-likeness (QED) is 0.811. The van der Waals surface area contributed by atoms with Gasteiger partial charge in [-0.3, -0.25) is 4.79 Å². The minimum Gasteiger partial charge on any atom is -0.384 e. The van der Waals surface area contributed by atoms with Crippen molar-refractivity contribution >= 4 is 11.6 Å². The normalized spacial score (nSPS) is 26.4. The largest absolute Gasteiger partial charge is 0.384 e. The molecule has 2 aliphatic carbocycles. The van der Waals surface area contributed by atoms with Crippen molar-refractivity contribution in [3.8, 4) is 11.8 Å². The van der Waals surface area contributed by atoms with Crippen molar-refractivity contribution in [1.29, 1.82) is 0 Å². The number of carbonyl (C=O) groups excluding carboxylic acids is 1. The number of fused-ring (bicyclic) bond motifs is 1. The van der Waals surface area contributed by atoms with Crippen LogP contribution in [0.3, 0.4) is 0 Å². The Kier molecular flexibility index (Phi) is 3.45. The van der Waals surface area contributed by atoms with Crippen molar-refractivity contribution in [2.45, 2.75) is 19.3 Å². The van der Waals surface area contributed by atoms with E-state index in [0.29, 0.717) is 23.1 Å². The third-order valence-corrected chi connectivity index (χ3v) is 4.25. The molecular weight excluding hydrogens is 257 g/mol. The van der Waals surface area contributed by atoms with Crippen LogP contribution in [-0.4, -0.2) is 17.6 Å². The molecule has 0 radical (unpaired) electrons. The number of halogens is 1. The fraction of sp³-hybridized carbons (Fsp3) is 0.438. The zero-order chi connectivity index (χ0) is 14.1. The van der Waals surface area contributed by atoms with Gasteiger partial charge < -0.3 is 10.4 Å². The minimum atomic E-state index is -0.409. The highest BCUT2D eigenvalue weighted by Crippen LogP contribution is 2.57. The number of nitrogens with one attached hydrogen (secondary N) is 1. The van der Waals surface area contributed by atoms with Gasteiger partial charge in [0.15, 0.2) is 0 Å². The lowest BCUT2D eigenvalue weighted by Crippen LogP contribution is -2.17. The van der Waals surface area contributed by atoms with Gasteiger partial charge >= 0.3 is 0 Å². The van der Waals surface area contributed by atoms with Gasteiger partial charge in [0.05, 0.1) is 11.3 Å². The number of hydrogen-bond acceptors (Lipinski definition) is 2. The summed E-state index contributed by atoms with van der Waals surface area (Å²) in [7, 11) is 0. The summed E-state index contributed by atoms with van der Waals surface area (Å²) in [5.41, 5.74) is 0.917. The van der Waals surface area contributed by atoms with E-state index in [9.17, 15) is 9.18 Å². The standard InChI is InChI=1S/C16H16FNO2/c17-11-6-7-14(10(9-11)3-2-8-19)18-16(20)15-12-4-1-5-13(12)15/h6-7,9,12-13,15,19H,1,4-5,8H2,(H,18,20). The minimum absolute atomic E-state index is 0.0124. The average Bonchev–Trinajstić information content (AvgIpc) is 2.92. The summed E-state index contributed by atoms with van der Waals surface area (Å²) in [6.07, 6.45) is 3.51. The van der Waals surface area contributed by atoms with Gasteiger partial charge in [-0.15, -0.1) is 0 Å². The highest BCUT2D eigenvalue weighted by atomic mass is 19.1. The smallest absolute Gasteiger partial charge is 0.228 e. The van der Waals surface area contributed by atoms with Crippen LogP contribution in [0.1, 0.15) is 24.8 Å². The molecule has 1 aromatic carbocycles. The van der Waals surface area contributed by atoms with Crippen LogP contribution in [-0.2, 0) is 4.79 Å². The Morgan fingerprint density at radius 1 is 1.40 bits per heavy atom. The number of carbonyl (C=O) groups is 1. The molecule has 0 saturated heterocycles. The van der Waals surface area contributed by atoms with E-state index in [1.165, 1.54) is 24.6 Å². The molecule has 1 amide bonds. The van der Waals surface area contributed by atoms with Gasteiger partial charge in [0.1, 0.15) is 12.4 Å². The summed E-state index contributed by atoms with van der Waals surface area (Å²) >= 11 is 0. The second kappa shape index (κ2) is 5.26. The number of rotatable bonds is 2. The predicted octanol–water partition coefficient (Wildman–Crippen LogP) is 2.15. The average molecular weight is 273 g/mol. The second-order valence-electron chi connectivity index (χ2n) is 5.42. The zero-order valence-electron chi connectivity index (χ0n) is 11.0. The van der Waals surface area contributed by atoms with Crippen LogP contribution < -0.4 is 5.32 Å². The molecule has 0 aliphatic heterocycles. The molecule has 2 unspecified atom stereocenters. The molecule has 2 N–H and O–H groups in total. The number of benzene rings is 1. The lowest BCUT2D eigenvalue weighted by Gasteiger charge is -2.09. The first kappa shape index (κ1) is 13.1. The topological polar surface area (TPSA) is 49.3 Å². The van der Waals surface area contributed by atoms with Crippen molar-refractivity contribution in [3.63, 3.8) is 0 Å². The molecule has 4 heteroatoms. The van der Waals surface area contributed by atoms with Crippen LogP contribution >= 0.6 is 0 Å². The van der Waals surface area contributed by atoms with Crippen LogP contribution in [0, 0.1) is 35.4 Å². The lowest BCUT2D eigenvalue weighted by atomic mass is 10.1. The van der Waals surface area contributed by atoms with E-state index in [2.05, 4.69) is 17.2 Å². The summed E-state index contributed by atoms with van der Waals surface area (Å²) in [6.45, 7) is -0.295. The maximum Gasteiger partial charge on any atom is 0.228 e. The molecule has 3 rings (SSSR count). The van der Waals surface area contributed by atoms with E-state index < -0.39 is 5.82 Å². The summed E-state index contributed by atoms with van der Waals surface area (Å²) in [5.74, 6) is 5.95. The second-order valence-corrected chi connectivity index (χ2v) is 5.42. The highest BCUT2D eigenvalue weighted by molar-refractivity contribution is 5.96. The maximum absolute atomic E-state index is 13.2. The first-order valence-electron chi connectivity index (χ1n) is 6.91. The van der Waals surface area contributed by atoms with Gasteiger partial charge in [-0.05, 0) is 42.9 Å². The van der Waals surface area contributed by atoms with E-state index in [1.807, 2.05) is 0 Å². The lowest BCUT2D eigenvalue weighted by molar-refractivity contribution is -0.118. The predicted molar refractivity (Wildman–Crippen MR) is 73.3 cm³/mol. The van der Waals surface area contributed by atoms with E-state index in [1.54, 1.807) is 0 Å². The number of aliphatic hydroxyl groups is 1. The first-order valence-corrected chi connectivity index (χ1v) is 6.91. The third-order valence-electron chi connectivity index (χ3n) is 4.25. The number of amides is 1. The Balaban J connectivity index is 1.75. The molecule has 2 saturated carbocycles. The van der Waals surface area contributed by atoms with E-state index in [4.69, 9.17) is 5.11 Å². The van der Waals surface area contributed by atoms with Crippen LogP contribution in [0.2, 0.25) is 0 Å². The zero-order valence-corrected chi connectivity index (χ0v) is 11.0. The van der Waals surface area contributed by atoms with Gasteiger partial charge in [-0.1, -0.05) is 18.3 Å². The van der Waals surface area contributed by atoms with Crippen LogP contribution in [0.25, 0.3) is 0 Å². The van der Waals surface area contributed by atoms with Crippen molar-refractivity contribution in [2.24, 2.45) is 17.8 Å². The molecule has 0 bridgehead atoms. The Morgan fingerprint density at radius 2 is 2.15 bits per heavy atom. The molecule has 0 aromatic heterocycles. The van der Waals surface area contributed by atoms with Crippen molar-refractivity contribution in [3.05, 3.63) is 29.6 Å². The molecule has 2 atom stereocenters. The molecule has 3 nitrogen and oxygen atoms in total. The van der Waals surface area contributed by atoms with Gasteiger partial charge in [0.2, 0.25) is 5.91 Å². The monoisotopic (exact) mass is 273 g/mol. The highest BCUT2D eigenvalue weighted by Gasteiger charge is 2.56. The molecular formula is C16H16FNO2. The van der Waals surface area contributed by atoms with E-state index in [0.717, 1.165) is 12.8 Å². The molecule has 104 valence electrons. The number of anilines is 1. The summed E-state index contributed by atoms with van der Waals surface area (Å²) < 4.78 is 13.2. The van der Waals surface area contributed by atoms with Gasteiger partial charge in [0, 0.05) is 5.92 Å². The van der Waals surface area contributed by atoms with Crippen LogP contribution in [0.15, 0.2) is 18.2 Å². The van der Waals surface area contributed by atoms with Gasteiger partial charge in [0.25, 0.3) is 0 Å². The Hall–Kier alpha value is -1.86. The number of hydrogen-bond donors (Lipinski definition) is 2. The van der Waals surface area contributed by atoms with Crippen LogP contribution in [0.4, 0.5) is 10.1 Å². The fourth-order valence-corrected chi connectivity index (χ4v) is 3.29.